The van der Waals surface area contributed by atoms with Gasteiger partial charge in [0.2, 0.25) is 5.91 Å². The minimum absolute atomic E-state index is 0.00598. The van der Waals surface area contributed by atoms with E-state index in [1.165, 1.54) is 0 Å². The van der Waals surface area contributed by atoms with Crippen LogP contribution in [0.15, 0.2) is 24.4 Å². The van der Waals surface area contributed by atoms with E-state index in [0.29, 0.717) is 13.0 Å². The summed E-state index contributed by atoms with van der Waals surface area (Å²) in [5, 5.41) is 12.5. The predicted octanol–water partition coefficient (Wildman–Crippen LogP) is 1.55. The van der Waals surface area contributed by atoms with E-state index in [-0.39, 0.29) is 36.6 Å². The Bertz CT molecular complexity index is 456. The Morgan fingerprint density at radius 2 is 2.14 bits per heavy atom. The molecule has 2 rings (SSSR count). The van der Waals surface area contributed by atoms with Crippen LogP contribution in [0.1, 0.15) is 32.4 Å². The Morgan fingerprint density at radius 3 is 2.73 bits per heavy atom. The average molecular weight is 306 g/mol. The molecule has 2 heterocycles. The number of carbonyl (C=O) groups excluding carboxylic acids is 1. The molecule has 0 bridgehead atoms. The van der Waals surface area contributed by atoms with Gasteiger partial charge in [0.15, 0.2) is 0 Å². The van der Waals surface area contributed by atoms with Crippen LogP contribution in [0.2, 0.25) is 0 Å². The van der Waals surface area contributed by atoms with Crippen LogP contribution in [0, 0.1) is 11.8 Å². The van der Waals surface area contributed by atoms with Crippen LogP contribution < -0.4 is 5.32 Å². The van der Waals surface area contributed by atoms with Gasteiger partial charge in [0.25, 0.3) is 0 Å². The molecule has 1 fully saturated rings. The van der Waals surface area contributed by atoms with E-state index in [0.717, 1.165) is 18.5 Å². The maximum absolute atomic E-state index is 12.3. The minimum Gasteiger partial charge on any atom is -0.396 e. The number of aliphatic hydroxyl groups excluding tert-OH is 1. The second kappa shape index (κ2) is 8.25. The summed E-state index contributed by atoms with van der Waals surface area (Å²) in [7, 11) is 0. The summed E-state index contributed by atoms with van der Waals surface area (Å²) < 4.78 is 5.66. The van der Waals surface area contributed by atoms with Gasteiger partial charge in [-0.2, -0.15) is 0 Å². The molecule has 1 aliphatic rings. The van der Waals surface area contributed by atoms with Crippen LogP contribution in [-0.2, 0) is 16.0 Å². The third kappa shape index (κ3) is 5.07. The monoisotopic (exact) mass is 306 g/mol. The van der Waals surface area contributed by atoms with Gasteiger partial charge in [0, 0.05) is 36.9 Å². The highest BCUT2D eigenvalue weighted by Crippen LogP contribution is 2.24. The third-order valence-corrected chi connectivity index (χ3v) is 4.12. The van der Waals surface area contributed by atoms with Crippen molar-refractivity contribution in [3.63, 3.8) is 0 Å². The quantitative estimate of drug-likeness (QED) is 0.836. The molecule has 1 saturated heterocycles. The van der Waals surface area contributed by atoms with Gasteiger partial charge in [0.05, 0.1) is 12.2 Å². The number of nitrogens with zero attached hydrogens (tertiary/aromatic N) is 1. The average Bonchev–Trinajstić information content (AvgIpc) is 2.51. The van der Waals surface area contributed by atoms with Crippen molar-refractivity contribution in [3.05, 3.63) is 30.1 Å². The molecular weight excluding hydrogens is 280 g/mol. The largest absolute Gasteiger partial charge is 0.396 e. The molecule has 22 heavy (non-hydrogen) atoms. The van der Waals surface area contributed by atoms with Crippen LogP contribution >= 0.6 is 0 Å². The Morgan fingerprint density at radius 1 is 1.41 bits per heavy atom. The van der Waals surface area contributed by atoms with E-state index in [9.17, 15) is 9.90 Å². The molecule has 1 aromatic heterocycles. The Balaban J connectivity index is 1.81. The molecule has 1 amide bonds. The van der Waals surface area contributed by atoms with Gasteiger partial charge < -0.3 is 15.2 Å². The van der Waals surface area contributed by atoms with Crippen LogP contribution in [0.25, 0.3) is 0 Å². The fourth-order valence-corrected chi connectivity index (χ4v) is 3.02. The molecule has 2 N–H and O–H groups in total. The van der Waals surface area contributed by atoms with Gasteiger partial charge in [-0.1, -0.05) is 6.07 Å². The molecule has 0 aromatic carbocycles. The van der Waals surface area contributed by atoms with Gasteiger partial charge >= 0.3 is 0 Å². The van der Waals surface area contributed by atoms with Gasteiger partial charge in [-0.05, 0) is 45.2 Å². The number of aliphatic hydroxyl groups is 1. The highest BCUT2D eigenvalue weighted by molar-refractivity contribution is 5.78. The van der Waals surface area contributed by atoms with E-state index < -0.39 is 0 Å². The lowest BCUT2D eigenvalue weighted by Gasteiger charge is -2.31. The minimum atomic E-state index is -0.00598. The maximum atomic E-state index is 12.3. The zero-order valence-electron chi connectivity index (χ0n) is 13.4. The van der Waals surface area contributed by atoms with Crippen LogP contribution in [0.5, 0.6) is 0 Å². The first kappa shape index (κ1) is 16.9. The Kier molecular flexibility index (Phi) is 6.34. The van der Waals surface area contributed by atoms with E-state index in [2.05, 4.69) is 10.3 Å². The molecule has 5 nitrogen and oxygen atoms in total. The molecule has 3 unspecified atom stereocenters. The summed E-state index contributed by atoms with van der Waals surface area (Å²) in [4.78, 5) is 16.6. The fraction of sp³-hybridized carbons (Fsp3) is 0.647. The van der Waals surface area contributed by atoms with Crippen molar-refractivity contribution < 1.29 is 14.6 Å². The highest BCUT2D eigenvalue weighted by Gasteiger charge is 2.29. The van der Waals surface area contributed by atoms with E-state index in [1.54, 1.807) is 6.20 Å². The molecule has 0 radical (unpaired) electrons. The van der Waals surface area contributed by atoms with Crippen LogP contribution in [0.4, 0.5) is 0 Å². The Labute approximate surface area is 132 Å². The third-order valence-electron chi connectivity index (χ3n) is 4.12. The van der Waals surface area contributed by atoms with Crippen molar-refractivity contribution in [1.82, 2.24) is 10.3 Å². The first-order valence-electron chi connectivity index (χ1n) is 8.02. The molecule has 5 heteroatoms. The number of ether oxygens (including phenoxy) is 1. The van der Waals surface area contributed by atoms with Gasteiger partial charge in [0.1, 0.15) is 0 Å². The van der Waals surface area contributed by atoms with Crippen LogP contribution in [-0.4, -0.2) is 41.4 Å². The van der Waals surface area contributed by atoms with Gasteiger partial charge in [-0.3, -0.25) is 9.78 Å². The van der Waals surface area contributed by atoms with Gasteiger partial charge in [-0.25, -0.2) is 0 Å². The van der Waals surface area contributed by atoms with Crippen molar-refractivity contribution in [1.29, 1.82) is 0 Å². The number of aromatic nitrogens is 1. The topological polar surface area (TPSA) is 71.5 Å². The van der Waals surface area contributed by atoms with Crippen molar-refractivity contribution in [2.75, 3.05) is 13.2 Å². The number of hydrogen-bond acceptors (Lipinski definition) is 4. The predicted molar refractivity (Wildman–Crippen MR) is 84.3 cm³/mol. The summed E-state index contributed by atoms with van der Waals surface area (Å²) in [6.45, 7) is 4.53. The van der Waals surface area contributed by atoms with E-state index >= 15 is 0 Å². The fourth-order valence-electron chi connectivity index (χ4n) is 3.02. The van der Waals surface area contributed by atoms with E-state index in [4.69, 9.17) is 4.74 Å². The van der Waals surface area contributed by atoms with Crippen molar-refractivity contribution in [2.45, 2.75) is 45.3 Å². The zero-order valence-corrected chi connectivity index (χ0v) is 13.4. The molecule has 1 aromatic rings. The molecule has 0 saturated carbocycles. The highest BCUT2D eigenvalue weighted by atomic mass is 16.5. The van der Waals surface area contributed by atoms with Crippen LogP contribution in [0.3, 0.4) is 0 Å². The summed E-state index contributed by atoms with van der Waals surface area (Å²) in [5.74, 6) is 0.0722. The first-order chi connectivity index (χ1) is 10.6. The zero-order chi connectivity index (χ0) is 15.9. The second-order valence-corrected chi connectivity index (χ2v) is 6.24. The van der Waals surface area contributed by atoms with Crippen molar-refractivity contribution in [3.8, 4) is 0 Å². The Hall–Kier alpha value is -1.46. The molecule has 1 aliphatic heterocycles. The standard InChI is InChI=1S/C17H26N2O3/c1-12-7-15(8-13(2)22-12)17(21)19-10-14(11-20)9-16-5-3-4-6-18-16/h3-6,12-15,20H,7-11H2,1-2H3,(H,19,21). The normalized spacial score (nSPS) is 26.4. The number of hydrogen-bond donors (Lipinski definition) is 2. The SMILES string of the molecule is CC1CC(C(=O)NCC(CO)Cc2ccccn2)CC(C)O1. The number of amides is 1. The molecule has 3 atom stereocenters. The first-order valence-corrected chi connectivity index (χ1v) is 8.02. The summed E-state index contributed by atoms with van der Waals surface area (Å²) in [5.41, 5.74) is 0.934. The lowest BCUT2D eigenvalue weighted by molar-refractivity contribution is -0.133. The molecule has 0 aliphatic carbocycles. The maximum Gasteiger partial charge on any atom is 0.223 e. The molecule has 122 valence electrons. The summed E-state index contributed by atoms with van der Waals surface area (Å²) in [6.07, 6.45) is 4.19. The van der Waals surface area contributed by atoms with Gasteiger partial charge in [-0.15, -0.1) is 0 Å². The molecule has 0 spiro atoms. The lowest BCUT2D eigenvalue weighted by Crippen LogP contribution is -2.41. The number of nitrogens with one attached hydrogen (secondary N) is 1. The van der Waals surface area contributed by atoms with Crippen molar-refractivity contribution >= 4 is 5.91 Å². The summed E-state index contributed by atoms with van der Waals surface area (Å²) in [6, 6.07) is 5.74. The van der Waals surface area contributed by atoms with E-state index in [1.807, 2.05) is 32.0 Å². The second-order valence-electron chi connectivity index (χ2n) is 6.24. The number of pyridine rings is 1. The summed E-state index contributed by atoms with van der Waals surface area (Å²) >= 11 is 0. The lowest BCUT2D eigenvalue weighted by atomic mass is 9.91. The van der Waals surface area contributed by atoms with Crippen molar-refractivity contribution in [2.24, 2.45) is 11.8 Å². The molecular formula is C17H26N2O3. The smallest absolute Gasteiger partial charge is 0.223 e. The number of carbonyl (C=O) groups is 1. The number of rotatable bonds is 6.